The van der Waals surface area contributed by atoms with E-state index in [1.165, 1.54) is 0 Å². The van der Waals surface area contributed by atoms with Crippen LogP contribution in [0.15, 0.2) is 23.0 Å². The Labute approximate surface area is 86.5 Å². The average Bonchev–Trinajstić information content (AvgIpc) is 2.57. The van der Waals surface area contributed by atoms with Gasteiger partial charge in [-0.15, -0.1) is 0 Å². The van der Waals surface area contributed by atoms with Gasteiger partial charge in [0.1, 0.15) is 0 Å². The van der Waals surface area contributed by atoms with Crippen LogP contribution in [0, 0.1) is 11.8 Å². The molecule has 0 aliphatic heterocycles. The molecule has 0 spiro atoms. The number of nitrogens with two attached hydrogens (primary N) is 1. The minimum atomic E-state index is -0.197. The summed E-state index contributed by atoms with van der Waals surface area (Å²) in [5, 5.41) is 0. The molecule has 0 radical (unpaired) electrons. The molecule has 15 heavy (non-hydrogen) atoms. The first-order valence-corrected chi connectivity index (χ1v) is 4.70. The van der Waals surface area contributed by atoms with E-state index in [2.05, 4.69) is 21.8 Å². The minimum Gasteiger partial charge on any atom is -0.330 e. The van der Waals surface area contributed by atoms with Crippen molar-refractivity contribution < 1.29 is 0 Å². The summed E-state index contributed by atoms with van der Waals surface area (Å²) >= 11 is 0. The van der Waals surface area contributed by atoms with Gasteiger partial charge in [0.15, 0.2) is 0 Å². The van der Waals surface area contributed by atoms with Crippen molar-refractivity contribution in [2.24, 2.45) is 5.73 Å². The lowest BCUT2D eigenvalue weighted by molar-refractivity contribution is 1.03. The Morgan fingerprint density at radius 1 is 1.27 bits per heavy atom. The molecular formula is C11H11N3O. The summed E-state index contributed by atoms with van der Waals surface area (Å²) in [6, 6.07) is 5.55. The first kappa shape index (κ1) is 9.56. The van der Waals surface area contributed by atoms with Crippen LogP contribution in [-0.4, -0.2) is 16.5 Å². The zero-order chi connectivity index (χ0) is 10.7. The standard InChI is InChI=1S/C11H11N3O/c12-6-2-1-3-8-4-5-9-10(7-8)14-11(15)13-9/h4-5,7H,2,6,12H2,(H2,13,14,15). The van der Waals surface area contributed by atoms with Gasteiger partial charge in [0.2, 0.25) is 0 Å². The molecule has 0 unspecified atom stereocenters. The Kier molecular flexibility index (Phi) is 2.57. The van der Waals surface area contributed by atoms with Gasteiger partial charge in [0.25, 0.3) is 0 Å². The van der Waals surface area contributed by atoms with Gasteiger partial charge in [-0.25, -0.2) is 4.79 Å². The van der Waals surface area contributed by atoms with Gasteiger partial charge in [0.05, 0.1) is 11.0 Å². The maximum absolute atomic E-state index is 11.0. The minimum absolute atomic E-state index is 0.197. The maximum atomic E-state index is 11.0. The summed E-state index contributed by atoms with van der Waals surface area (Å²) < 4.78 is 0. The van der Waals surface area contributed by atoms with E-state index in [1.807, 2.05) is 18.2 Å². The predicted octanol–water partition coefficient (Wildman–Crippen LogP) is 0.556. The van der Waals surface area contributed by atoms with Crippen molar-refractivity contribution in [3.63, 3.8) is 0 Å². The van der Waals surface area contributed by atoms with E-state index in [1.54, 1.807) is 0 Å². The second-order valence-corrected chi connectivity index (χ2v) is 3.18. The monoisotopic (exact) mass is 201 g/mol. The fraction of sp³-hybridized carbons (Fsp3) is 0.182. The van der Waals surface area contributed by atoms with Crippen molar-refractivity contribution in [1.29, 1.82) is 0 Å². The van der Waals surface area contributed by atoms with Crippen molar-refractivity contribution in [3.05, 3.63) is 34.2 Å². The summed E-state index contributed by atoms with van der Waals surface area (Å²) in [5.41, 5.74) is 7.59. The highest BCUT2D eigenvalue weighted by molar-refractivity contribution is 5.76. The molecule has 0 saturated heterocycles. The molecule has 0 amide bonds. The van der Waals surface area contributed by atoms with Crippen LogP contribution >= 0.6 is 0 Å². The van der Waals surface area contributed by atoms with Crippen LogP contribution in [0.5, 0.6) is 0 Å². The maximum Gasteiger partial charge on any atom is 0.323 e. The van der Waals surface area contributed by atoms with Crippen LogP contribution in [-0.2, 0) is 0 Å². The lowest BCUT2D eigenvalue weighted by Gasteiger charge is -1.90. The van der Waals surface area contributed by atoms with E-state index in [-0.39, 0.29) is 5.69 Å². The third-order valence-corrected chi connectivity index (χ3v) is 2.02. The Bertz CT molecular complexity index is 583. The largest absolute Gasteiger partial charge is 0.330 e. The van der Waals surface area contributed by atoms with E-state index >= 15 is 0 Å². The SMILES string of the molecule is NCCC#Cc1ccc2[nH]c(=O)[nH]c2c1. The number of aromatic amines is 2. The molecule has 4 N–H and O–H groups in total. The van der Waals surface area contributed by atoms with Gasteiger partial charge in [-0.3, -0.25) is 0 Å². The average molecular weight is 201 g/mol. The van der Waals surface area contributed by atoms with E-state index < -0.39 is 0 Å². The molecule has 2 aromatic rings. The van der Waals surface area contributed by atoms with Crippen molar-refractivity contribution in [2.75, 3.05) is 6.54 Å². The Hall–Kier alpha value is -1.99. The Morgan fingerprint density at radius 2 is 2.07 bits per heavy atom. The highest BCUT2D eigenvalue weighted by Crippen LogP contribution is 2.08. The summed E-state index contributed by atoms with van der Waals surface area (Å²) in [6.45, 7) is 0.566. The molecule has 0 fully saturated rings. The Morgan fingerprint density at radius 3 is 2.87 bits per heavy atom. The number of imidazole rings is 1. The molecule has 0 aliphatic rings. The summed E-state index contributed by atoms with van der Waals surface area (Å²) in [4.78, 5) is 16.4. The van der Waals surface area contributed by atoms with Gasteiger partial charge in [-0.05, 0) is 18.2 Å². The van der Waals surface area contributed by atoms with Gasteiger partial charge in [-0.1, -0.05) is 11.8 Å². The van der Waals surface area contributed by atoms with Gasteiger partial charge in [0, 0.05) is 18.5 Å². The van der Waals surface area contributed by atoms with Gasteiger partial charge < -0.3 is 15.7 Å². The summed E-state index contributed by atoms with van der Waals surface area (Å²) in [6.07, 6.45) is 0.682. The molecular weight excluding hydrogens is 190 g/mol. The van der Waals surface area contributed by atoms with Crippen LogP contribution in [0.4, 0.5) is 0 Å². The highest BCUT2D eigenvalue weighted by atomic mass is 16.1. The fourth-order valence-corrected chi connectivity index (χ4v) is 1.35. The molecule has 0 aliphatic carbocycles. The first-order valence-electron chi connectivity index (χ1n) is 4.70. The van der Waals surface area contributed by atoms with Gasteiger partial charge >= 0.3 is 5.69 Å². The van der Waals surface area contributed by atoms with E-state index in [4.69, 9.17) is 5.73 Å². The highest BCUT2D eigenvalue weighted by Gasteiger charge is 1.97. The molecule has 1 aromatic heterocycles. The van der Waals surface area contributed by atoms with Crippen LogP contribution < -0.4 is 11.4 Å². The van der Waals surface area contributed by atoms with Crippen LogP contribution in [0.25, 0.3) is 11.0 Å². The molecule has 1 aromatic carbocycles. The normalized spacial score (nSPS) is 9.93. The lowest BCUT2D eigenvalue weighted by atomic mass is 10.2. The molecule has 1 heterocycles. The molecule has 0 saturated carbocycles. The zero-order valence-corrected chi connectivity index (χ0v) is 8.13. The number of rotatable bonds is 1. The number of hydrogen-bond acceptors (Lipinski definition) is 2. The quantitative estimate of drug-likeness (QED) is 0.589. The third kappa shape index (κ3) is 2.09. The van der Waals surface area contributed by atoms with Crippen LogP contribution in [0.2, 0.25) is 0 Å². The second kappa shape index (κ2) is 4.03. The van der Waals surface area contributed by atoms with Crippen molar-refractivity contribution in [2.45, 2.75) is 6.42 Å². The molecule has 4 heteroatoms. The predicted molar refractivity (Wildman–Crippen MR) is 59.5 cm³/mol. The first-order chi connectivity index (χ1) is 7.29. The topological polar surface area (TPSA) is 74.7 Å². The van der Waals surface area contributed by atoms with Crippen molar-refractivity contribution in [3.8, 4) is 11.8 Å². The number of nitrogens with one attached hydrogen (secondary N) is 2. The van der Waals surface area contributed by atoms with E-state index in [9.17, 15) is 4.79 Å². The zero-order valence-electron chi connectivity index (χ0n) is 8.13. The van der Waals surface area contributed by atoms with Gasteiger partial charge in [-0.2, -0.15) is 0 Å². The number of fused-ring (bicyclic) bond motifs is 1. The smallest absolute Gasteiger partial charge is 0.323 e. The lowest BCUT2D eigenvalue weighted by Crippen LogP contribution is -1.99. The fourth-order valence-electron chi connectivity index (χ4n) is 1.35. The summed E-state index contributed by atoms with van der Waals surface area (Å²) in [5.74, 6) is 5.93. The van der Waals surface area contributed by atoms with E-state index in [0.717, 1.165) is 16.6 Å². The molecule has 4 nitrogen and oxygen atoms in total. The second-order valence-electron chi connectivity index (χ2n) is 3.18. The summed E-state index contributed by atoms with van der Waals surface area (Å²) in [7, 11) is 0. The van der Waals surface area contributed by atoms with Crippen LogP contribution in [0.3, 0.4) is 0 Å². The van der Waals surface area contributed by atoms with Crippen LogP contribution in [0.1, 0.15) is 12.0 Å². The number of benzene rings is 1. The Balaban J connectivity index is 2.39. The third-order valence-electron chi connectivity index (χ3n) is 2.02. The van der Waals surface area contributed by atoms with Crippen molar-refractivity contribution >= 4 is 11.0 Å². The number of H-pyrrole nitrogens is 2. The van der Waals surface area contributed by atoms with E-state index in [0.29, 0.717) is 13.0 Å². The molecule has 0 bridgehead atoms. The molecule has 2 rings (SSSR count). The number of aromatic nitrogens is 2. The molecule has 0 atom stereocenters. The number of hydrogen-bond donors (Lipinski definition) is 3. The molecule has 76 valence electrons. The van der Waals surface area contributed by atoms with Crippen molar-refractivity contribution in [1.82, 2.24) is 9.97 Å².